The van der Waals surface area contributed by atoms with Crippen LogP contribution in [0, 0.1) is 3.57 Å². The summed E-state index contributed by atoms with van der Waals surface area (Å²) in [5.74, 6) is 2.89. The Morgan fingerprint density at radius 2 is 0.853 bits per heavy atom. The van der Waals surface area contributed by atoms with Crippen molar-refractivity contribution in [2.45, 2.75) is 19.3 Å². The summed E-state index contributed by atoms with van der Waals surface area (Å²) in [5.41, 5.74) is 17.8. The fourth-order valence-corrected chi connectivity index (χ4v) is 12.1. The predicted molar refractivity (Wildman–Crippen MR) is 319 cm³/mol. The number of ether oxygens (including phenoxy) is 2. The van der Waals surface area contributed by atoms with Crippen LogP contribution in [0.3, 0.4) is 0 Å². The molecule has 2 aromatic heterocycles. The lowest BCUT2D eigenvalue weighted by Gasteiger charge is -2.28. The Balaban J connectivity index is 0.000000215. The maximum Gasteiger partial charge on any atom is 0.177 e. The minimum atomic E-state index is -0.127. The van der Waals surface area contributed by atoms with Gasteiger partial charge >= 0.3 is 0 Å². The van der Waals surface area contributed by atoms with Gasteiger partial charge in [0.1, 0.15) is 0 Å². The first-order valence-corrected chi connectivity index (χ1v) is 26.5. The van der Waals surface area contributed by atoms with E-state index in [4.69, 9.17) is 9.47 Å². The zero-order chi connectivity index (χ0) is 50.2. The average Bonchev–Trinajstić information content (AvgIpc) is 4.06. The summed E-state index contributed by atoms with van der Waals surface area (Å²) < 4.78 is 18.7. The molecular formula is C69H48IN3O2. The van der Waals surface area contributed by atoms with Crippen LogP contribution in [0.5, 0.6) is 23.0 Å². The topological polar surface area (TPSA) is 31.6 Å². The first-order chi connectivity index (χ1) is 36.9. The molecular weight excluding hydrogens is 1030 g/mol. The molecule has 0 fully saturated rings. The molecule has 0 radical (unpaired) electrons. The van der Waals surface area contributed by atoms with Gasteiger partial charge in [0, 0.05) is 64.5 Å². The maximum absolute atomic E-state index is 6.44. The molecule has 5 nitrogen and oxygen atoms in total. The summed E-state index contributed by atoms with van der Waals surface area (Å²) in [4.78, 5) is 2.40. The lowest BCUT2D eigenvalue weighted by molar-refractivity contribution is 0.361. The van der Waals surface area contributed by atoms with Crippen molar-refractivity contribution in [3.63, 3.8) is 0 Å². The monoisotopic (exact) mass is 1080 g/mol. The molecule has 1 aliphatic heterocycles. The first kappa shape index (κ1) is 44.8. The van der Waals surface area contributed by atoms with E-state index in [9.17, 15) is 0 Å². The van der Waals surface area contributed by atoms with Crippen LogP contribution in [0.25, 0.3) is 77.2 Å². The predicted octanol–water partition coefficient (Wildman–Crippen LogP) is 19.5. The Kier molecular flexibility index (Phi) is 10.7. The number of rotatable bonds is 6. The third kappa shape index (κ3) is 7.50. The Morgan fingerprint density at radius 1 is 0.360 bits per heavy atom. The fraction of sp³-hybridized carbons (Fsp3) is 0.0435. The number of nitrogens with zero attached hydrogens (tertiary/aromatic N) is 3. The Hall–Kier alpha value is -8.85. The van der Waals surface area contributed by atoms with Gasteiger partial charge in [-0.2, -0.15) is 0 Å². The number of hydrogen-bond acceptors (Lipinski definition) is 3. The van der Waals surface area contributed by atoms with Gasteiger partial charge in [0.25, 0.3) is 0 Å². The third-order valence-corrected chi connectivity index (χ3v) is 15.8. The van der Waals surface area contributed by atoms with E-state index in [-0.39, 0.29) is 5.41 Å². The van der Waals surface area contributed by atoms with Gasteiger partial charge in [-0.05, 0) is 166 Å². The van der Waals surface area contributed by atoms with E-state index in [1.165, 1.54) is 75.1 Å². The van der Waals surface area contributed by atoms with Crippen LogP contribution in [0.4, 0.5) is 17.1 Å². The minimum absolute atomic E-state index is 0.127. The smallest absolute Gasteiger partial charge is 0.177 e. The van der Waals surface area contributed by atoms with Gasteiger partial charge in [0.15, 0.2) is 23.0 Å². The van der Waals surface area contributed by atoms with Crippen LogP contribution in [-0.2, 0) is 5.41 Å². The van der Waals surface area contributed by atoms with Crippen molar-refractivity contribution in [2.24, 2.45) is 0 Å². The van der Waals surface area contributed by atoms with E-state index < -0.39 is 0 Å². The third-order valence-electron chi connectivity index (χ3n) is 15.1. The molecule has 0 saturated carbocycles. The van der Waals surface area contributed by atoms with Crippen molar-refractivity contribution in [1.82, 2.24) is 9.13 Å². The zero-order valence-electron chi connectivity index (χ0n) is 41.3. The maximum atomic E-state index is 6.44. The van der Waals surface area contributed by atoms with E-state index in [0.29, 0.717) is 5.75 Å². The molecule has 358 valence electrons. The van der Waals surface area contributed by atoms with Crippen LogP contribution in [0.15, 0.2) is 255 Å². The SMILES string of the molecule is CC1(C)c2ccccc2-c2ccc(N(c3ccc(-c4cccc5c4Oc4ccccc4O5)cc3)c3ccc4c(c3)c3ccccc3n4-c3ccccc3)cc21.Ic1ccc2c(c1)c1ccccc1n2-c1ccccc1. The standard InChI is InChI=1S/C51H36N2O2.C18H12IN/c1-51(2)43-18-8-6-15-39(43)40-29-27-37(32-44(40)51)52(36-28-30-46-42(31-36)41-16-7-9-19-45(41)53(46)34-13-4-3-5-14-34)35-25-23-33(24-26-35)38-17-12-22-49-50(38)55-48-21-11-10-20-47(48)54-49;19-13-10-11-18-16(12-13)15-8-4-5-9-17(15)20(18)14-6-2-1-3-7-14/h3-32H,1-2H3;1-12H. The number of para-hydroxylation sites is 7. The molecule has 75 heavy (non-hydrogen) atoms. The Bertz CT molecular complexity index is 4350. The van der Waals surface area contributed by atoms with E-state index >= 15 is 0 Å². The summed E-state index contributed by atoms with van der Waals surface area (Å²) in [6.07, 6.45) is 0. The van der Waals surface area contributed by atoms with Crippen molar-refractivity contribution in [2.75, 3.05) is 4.90 Å². The van der Waals surface area contributed by atoms with E-state index in [1.807, 2.05) is 36.4 Å². The van der Waals surface area contributed by atoms with Gasteiger partial charge in [0.05, 0.1) is 22.1 Å². The molecule has 1 aliphatic carbocycles. The molecule has 0 spiro atoms. The zero-order valence-corrected chi connectivity index (χ0v) is 43.4. The molecule has 2 aliphatic rings. The molecule has 0 N–H and O–H groups in total. The van der Waals surface area contributed by atoms with Crippen molar-refractivity contribution in [1.29, 1.82) is 0 Å². The molecule has 6 heteroatoms. The van der Waals surface area contributed by atoms with Gasteiger partial charge in [-0.15, -0.1) is 0 Å². The lowest BCUT2D eigenvalue weighted by Crippen LogP contribution is -2.16. The van der Waals surface area contributed by atoms with Gasteiger partial charge in [-0.25, -0.2) is 0 Å². The van der Waals surface area contributed by atoms with Crippen LogP contribution in [-0.4, -0.2) is 9.13 Å². The van der Waals surface area contributed by atoms with E-state index in [2.05, 4.69) is 269 Å². The highest BCUT2D eigenvalue weighted by atomic mass is 127. The molecule has 11 aromatic carbocycles. The van der Waals surface area contributed by atoms with E-state index in [1.54, 1.807) is 0 Å². The molecule has 15 rings (SSSR count). The molecule has 13 aromatic rings. The highest BCUT2D eigenvalue weighted by Gasteiger charge is 2.36. The van der Waals surface area contributed by atoms with E-state index in [0.717, 1.165) is 51.1 Å². The number of benzene rings is 11. The average molecular weight is 1080 g/mol. The lowest BCUT2D eigenvalue weighted by atomic mass is 9.82. The van der Waals surface area contributed by atoms with Crippen LogP contribution in [0.1, 0.15) is 25.0 Å². The van der Waals surface area contributed by atoms with Crippen molar-refractivity contribution < 1.29 is 9.47 Å². The number of halogens is 1. The fourth-order valence-electron chi connectivity index (χ4n) is 11.6. The van der Waals surface area contributed by atoms with Gasteiger partial charge < -0.3 is 23.5 Å². The number of aromatic nitrogens is 2. The number of fused-ring (bicyclic) bond motifs is 11. The number of hydrogen-bond donors (Lipinski definition) is 0. The Labute approximate surface area is 449 Å². The Morgan fingerprint density at radius 3 is 1.55 bits per heavy atom. The molecule has 0 unspecified atom stereocenters. The summed E-state index contributed by atoms with van der Waals surface area (Å²) >= 11 is 2.38. The molecule has 0 atom stereocenters. The van der Waals surface area contributed by atoms with Crippen molar-refractivity contribution in [3.8, 4) is 56.6 Å². The summed E-state index contributed by atoms with van der Waals surface area (Å²) in [6, 6.07) is 90.5. The summed E-state index contributed by atoms with van der Waals surface area (Å²) in [5, 5.41) is 5.06. The normalized spacial score (nSPS) is 12.8. The minimum Gasteiger partial charge on any atom is -0.449 e. The highest BCUT2D eigenvalue weighted by molar-refractivity contribution is 14.1. The van der Waals surface area contributed by atoms with Crippen LogP contribution in [0.2, 0.25) is 0 Å². The molecule has 0 amide bonds. The largest absolute Gasteiger partial charge is 0.449 e. The van der Waals surface area contributed by atoms with Gasteiger partial charge in [-0.1, -0.05) is 153 Å². The summed E-state index contributed by atoms with van der Waals surface area (Å²) in [7, 11) is 0. The van der Waals surface area contributed by atoms with Crippen LogP contribution >= 0.6 is 22.6 Å². The second-order valence-corrected chi connectivity index (χ2v) is 21.1. The molecule has 0 saturated heterocycles. The molecule has 3 heterocycles. The van der Waals surface area contributed by atoms with Gasteiger partial charge in [-0.3, -0.25) is 0 Å². The molecule has 0 bridgehead atoms. The van der Waals surface area contributed by atoms with Crippen molar-refractivity contribution >= 4 is 83.3 Å². The van der Waals surface area contributed by atoms with Gasteiger partial charge in [0.2, 0.25) is 0 Å². The van der Waals surface area contributed by atoms with Crippen molar-refractivity contribution in [3.05, 3.63) is 269 Å². The second-order valence-electron chi connectivity index (χ2n) is 19.8. The quantitative estimate of drug-likeness (QED) is 0.156. The summed E-state index contributed by atoms with van der Waals surface area (Å²) in [6.45, 7) is 4.69. The highest BCUT2D eigenvalue weighted by Crippen LogP contribution is 2.52. The van der Waals surface area contributed by atoms with Crippen LogP contribution < -0.4 is 14.4 Å². The number of anilines is 3. The second kappa shape index (κ2) is 18.0. The first-order valence-electron chi connectivity index (χ1n) is 25.4.